The summed E-state index contributed by atoms with van der Waals surface area (Å²) in [5.41, 5.74) is 5.10. The maximum Gasteiger partial charge on any atom is 0.358 e. The average molecular weight is 470 g/mol. The standard InChI is InChI=1S/C28H27N3O4/c1-4-35-28(33)24-18-26(31(30-24)25-14-6-5-9-19(25)2)21-11-8-12-22(17-21)29-27(32)16-20-10-7-13-23(15-20)34-3/h5-15,17-18H,4,16H2,1-3H3,(H,29,32). The normalized spacial score (nSPS) is 10.6. The Morgan fingerprint density at radius 3 is 2.54 bits per heavy atom. The Bertz CT molecular complexity index is 1360. The van der Waals surface area contributed by atoms with Crippen molar-refractivity contribution in [2.45, 2.75) is 20.3 Å². The predicted molar refractivity (Wildman–Crippen MR) is 135 cm³/mol. The number of hydrogen-bond donors (Lipinski definition) is 1. The van der Waals surface area contributed by atoms with Gasteiger partial charge in [-0.3, -0.25) is 4.79 Å². The van der Waals surface area contributed by atoms with Gasteiger partial charge in [0.1, 0.15) is 5.75 Å². The largest absolute Gasteiger partial charge is 0.497 e. The second-order valence-electron chi connectivity index (χ2n) is 7.99. The fraction of sp³-hybridized carbons (Fsp3) is 0.179. The molecule has 0 saturated heterocycles. The molecular weight excluding hydrogens is 442 g/mol. The number of benzene rings is 3. The summed E-state index contributed by atoms with van der Waals surface area (Å²) >= 11 is 0. The molecule has 3 aromatic carbocycles. The van der Waals surface area contributed by atoms with Crippen molar-refractivity contribution in [3.63, 3.8) is 0 Å². The van der Waals surface area contributed by atoms with Gasteiger partial charge in [0, 0.05) is 11.3 Å². The van der Waals surface area contributed by atoms with Crippen molar-refractivity contribution >= 4 is 17.6 Å². The molecule has 0 saturated carbocycles. The summed E-state index contributed by atoms with van der Waals surface area (Å²) in [4.78, 5) is 25.1. The second-order valence-corrected chi connectivity index (χ2v) is 7.99. The summed E-state index contributed by atoms with van der Waals surface area (Å²) in [6, 6.07) is 24.4. The van der Waals surface area contributed by atoms with Gasteiger partial charge in [-0.15, -0.1) is 0 Å². The van der Waals surface area contributed by atoms with Crippen LogP contribution in [0.3, 0.4) is 0 Å². The molecule has 1 aromatic heterocycles. The molecule has 35 heavy (non-hydrogen) atoms. The zero-order valence-electron chi connectivity index (χ0n) is 19.9. The van der Waals surface area contributed by atoms with Crippen molar-refractivity contribution in [3.8, 4) is 22.7 Å². The minimum absolute atomic E-state index is 0.143. The van der Waals surface area contributed by atoms with Crippen LogP contribution >= 0.6 is 0 Å². The van der Waals surface area contributed by atoms with E-state index >= 15 is 0 Å². The molecular formula is C28H27N3O4. The molecule has 7 heteroatoms. The molecule has 0 fully saturated rings. The molecule has 0 atom stereocenters. The molecule has 7 nitrogen and oxygen atoms in total. The van der Waals surface area contributed by atoms with E-state index in [1.165, 1.54) is 0 Å². The number of methoxy groups -OCH3 is 1. The van der Waals surface area contributed by atoms with Crippen molar-refractivity contribution in [1.29, 1.82) is 0 Å². The number of hydrogen-bond acceptors (Lipinski definition) is 5. The Labute approximate surface area is 204 Å². The fourth-order valence-corrected chi connectivity index (χ4v) is 3.81. The number of nitrogens with one attached hydrogen (secondary N) is 1. The first-order chi connectivity index (χ1) is 17.0. The first kappa shape index (κ1) is 23.8. The Morgan fingerprint density at radius 2 is 1.77 bits per heavy atom. The molecule has 1 N–H and O–H groups in total. The van der Waals surface area contributed by atoms with Crippen molar-refractivity contribution in [2.75, 3.05) is 19.0 Å². The van der Waals surface area contributed by atoms with Gasteiger partial charge in [-0.25, -0.2) is 9.48 Å². The number of aryl methyl sites for hydroxylation is 1. The highest BCUT2D eigenvalue weighted by Crippen LogP contribution is 2.28. The number of para-hydroxylation sites is 1. The average Bonchev–Trinajstić information content (AvgIpc) is 3.30. The number of anilines is 1. The molecule has 0 radical (unpaired) electrons. The third-order valence-electron chi connectivity index (χ3n) is 5.48. The van der Waals surface area contributed by atoms with Gasteiger partial charge in [-0.2, -0.15) is 5.10 Å². The van der Waals surface area contributed by atoms with Crippen LogP contribution in [0.15, 0.2) is 78.9 Å². The lowest BCUT2D eigenvalue weighted by Gasteiger charge is -2.12. The van der Waals surface area contributed by atoms with Crippen molar-refractivity contribution in [2.24, 2.45) is 0 Å². The molecule has 4 rings (SSSR count). The predicted octanol–water partition coefficient (Wildman–Crippen LogP) is 5.21. The monoisotopic (exact) mass is 469 g/mol. The van der Waals surface area contributed by atoms with Crippen LogP contribution in [0.4, 0.5) is 5.69 Å². The SMILES string of the molecule is CCOC(=O)c1cc(-c2cccc(NC(=O)Cc3cccc(OC)c3)c2)n(-c2ccccc2C)n1. The number of nitrogens with zero attached hydrogens (tertiary/aromatic N) is 2. The quantitative estimate of drug-likeness (QED) is 0.358. The lowest BCUT2D eigenvalue weighted by atomic mass is 10.1. The highest BCUT2D eigenvalue weighted by Gasteiger charge is 2.19. The van der Waals surface area contributed by atoms with E-state index < -0.39 is 5.97 Å². The summed E-state index contributed by atoms with van der Waals surface area (Å²) in [6.07, 6.45) is 0.218. The smallest absolute Gasteiger partial charge is 0.358 e. The van der Waals surface area contributed by atoms with E-state index in [0.717, 1.165) is 22.4 Å². The number of esters is 1. The molecule has 1 amide bonds. The maximum absolute atomic E-state index is 12.7. The van der Waals surface area contributed by atoms with Crippen molar-refractivity contribution in [3.05, 3.63) is 95.7 Å². The van der Waals surface area contributed by atoms with Crippen LogP contribution in [0.5, 0.6) is 5.75 Å². The van der Waals surface area contributed by atoms with Gasteiger partial charge in [0.15, 0.2) is 5.69 Å². The van der Waals surface area contributed by atoms with E-state index in [2.05, 4.69) is 10.4 Å². The van der Waals surface area contributed by atoms with Crippen LogP contribution in [-0.4, -0.2) is 35.4 Å². The van der Waals surface area contributed by atoms with Crippen LogP contribution in [0.1, 0.15) is 28.5 Å². The van der Waals surface area contributed by atoms with E-state index in [0.29, 0.717) is 17.1 Å². The highest BCUT2D eigenvalue weighted by molar-refractivity contribution is 5.93. The van der Waals surface area contributed by atoms with Crippen LogP contribution in [-0.2, 0) is 16.0 Å². The van der Waals surface area contributed by atoms with Gasteiger partial charge >= 0.3 is 5.97 Å². The van der Waals surface area contributed by atoms with E-state index in [-0.39, 0.29) is 24.6 Å². The second kappa shape index (κ2) is 10.7. The van der Waals surface area contributed by atoms with Gasteiger partial charge in [0.25, 0.3) is 0 Å². The lowest BCUT2D eigenvalue weighted by Crippen LogP contribution is -2.14. The molecule has 0 aliphatic carbocycles. The Kier molecular flexibility index (Phi) is 7.26. The number of amides is 1. The highest BCUT2D eigenvalue weighted by atomic mass is 16.5. The molecule has 0 bridgehead atoms. The summed E-state index contributed by atoms with van der Waals surface area (Å²) in [6.45, 7) is 4.01. The van der Waals surface area contributed by atoms with E-state index in [1.54, 1.807) is 24.8 Å². The molecule has 4 aromatic rings. The molecule has 0 aliphatic rings. The van der Waals surface area contributed by atoms with Crippen LogP contribution in [0.2, 0.25) is 0 Å². The molecule has 0 aliphatic heterocycles. The van der Waals surface area contributed by atoms with Gasteiger partial charge < -0.3 is 14.8 Å². The zero-order valence-corrected chi connectivity index (χ0v) is 19.9. The fourth-order valence-electron chi connectivity index (χ4n) is 3.81. The summed E-state index contributed by atoms with van der Waals surface area (Å²) < 4.78 is 12.1. The number of aromatic nitrogens is 2. The van der Waals surface area contributed by atoms with Crippen molar-refractivity contribution < 1.29 is 19.1 Å². The summed E-state index contributed by atoms with van der Waals surface area (Å²) in [5.74, 6) is 0.0815. The number of carbonyl (C=O) groups excluding carboxylic acids is 2. The van der Waals surface area contributed by atoms with E-state index in [1.807, 2.05) is 79.7 Å². The zero-order chi connectivity index (χ0) is 24.8. The van der Waals surface area contributed by atoms with Crippen LogP contribution < -0.4 is 10.1 Å². The van der Waals surface area contributed by atoms with Crippen molar-refractivity contribution in [1.82, 2.24) is 9.78 Å². The minimum atomic E-state index is -0.483. The maximum atomic E-state index is 12.7. The Balaban J connectivity index is 1.64. The van der Waals surface area contributed by atoms with Gasteiger partial charge in [0.05, 0.1) is 31.5 Å². The first-order valence-corrected chi connectivity index (χ1v) is 11.3. The molecule has 0 unspecified atom stereocenters. The Hall–Kier alpha value is -4.39. The van der Waals surface area contributed by atoms with Gasteiger partial charge in [-0.05, 0) is 61.4 Å². The van der Waals surface area contributed by atoms with Gasteiger partial charge in [-0.1, -0.05) is 42.5 Å². The van der Waals surface area contributed by atoms with Crippen LogP contribution in [0.25, 0.3) is 16.9 Å². The molecule has 1 heterocycles. The summed E-state index contributed by atoms with van der Waals surface area (Å²) in [5, 5.41) is 7.50. The van der Waals surface area contributed by atoms with E-state index in [4.69, 9.17) is 9.47 Å². The molecule has 0 spiro atoms. The minimum Gasteiger partial charge on any atom is -0.497 e. The Morgan fingerprint density at radius 1 is 0.971 bits per heavy atom. The third-order valence-corrected chi connectivity index (χ3v) is 5.48. The number of carbonyl (C=O) groups is 2. The van der Waals surface area contributed by atoms with E-state index in [9.17, 15) is 9.59 Å². The first-order valence-electron chi connectivity index (χ1n) is 11.3. The lowest BCUT2D eigenvalue weighted by molar-refractivity contribution is -0.115. The summed E-state index contributed by atoms with van der Waals surface area (Å²) in [7, 11) is 1.60. The number of ether oxygens (including phenoxy) is 2. The topological polar surface area (TPSA) is 82.5 Å². The van der Waals surface area contributed by atoms with Crippen LogP contribution in [0, 0.1) is 6.92 Å². The molecule has 178 valence electrons. The number of rotatable bonds is 8. The van der Waals surface area contributed by atoms with Gasteiger partial charge in [0.2, 0.25) is 5.91 Å². The third kappa shape index (κ3) is 5.58.